The van der Waals surface area contributed by atoms with Crippen LogP contribution in [0.3, 0.4) is 0 Å². The minimum atomic E-state index is -0.0745. The number of tetrazole rings is 1. The Balaban J connectivity index is 1.82. The van der Waals surface area contributed by atoms with Crippen molar-refractivity contribution in [2.24, 2.45) is 0 Å². The topological polar surface area (TPSA) is 78.5 Å². The van der Waals surface area contributed by atoms with Crippen LogP contribution in [0.2, 0.25) is 0 Å². The molecular weight excluding hydrogens is 384 g/mol. The SMILES string of the molecule is CCCn1nnnc1CSc1nc2ccccc2c(=O)n1-c1ccc(C)c(C)c1. The first-order valence-electron chi connectivity index (χ1n) is 9.55. The Labute approximate surface area is 172 Å². The van der Waals surface area contributed by atoms with Crippen molar-refractivity contribution in [2.75, 3.05) is 0 Å². The van der Waals surface area contributed by atoms with Gasteiger partial charge in [-0.1, -0.05) is 36.9 Å². The lowest BCUT2D eigenvalue weighted by Crippen LogP contribution is -2.22. The fourth-order valence-corrected chi connectivity index (χ4v) is 4.09. The van der Waals surface area contributed by atoms with Crippen molar-refractivity contribution in [1.29, 1.82) is 0 Å². The fourth-order valence-electron chi connectivity index (χ4n) is 3.14. The number of hydrogen-bond donors (Lipinski definition) is 0. The lowest BCUT2D eigenvalue weighted by Gasteiger charge is -2.14. The van der Waals surface area contributed by atoms with Crippen LogP contribution < -0.4 is 5.56 Å². The van der Waals surface area contributed by atoms with E-state index in [1.165, 1.54) is 17.3 Å². The molecule has 4 aromatic rings. The molecule has 0 unspecified atom stereocenters. The van der Waals surface area contributed by atoms with E-state index in [1.807, 2.05) is 49.4 Å². The van der Waals surface area contributed by atoms with E-state index in [1.54, 1.807) is 9.25 Å². The van der Waals surface area contributed by atoms with Gasteiger partial charge < -0.3 is 0 Å². The quantitative estimate of drug-likeness (QED) is 0.359. The molecule has 0 saturated heterocycles. The fraction of sp³-hybridized carbons (Fsp3) is 0.286. The van der Waals surface area contributed by atoms with Crippen LogP contribution in [-0.4, -0.2) is 29.8 Å². The third kappa shape index (κ3) is 3.80. The lowest BCUT2D eigenvalue weighted by atomic mass is 10.1. The molecule has 2 aromatic heterocycles. The van der Waals surface area contributed by atoms with Gasteiger partial charge in [-0.05, 0) is 66.1 Å². The highest BCUT2D eigenvalue weighted by molar-refractivity contribution is 7.98. The Morgan fingerprint density at radius 2 is 1.90 bits per heavy atom. The van der Waals surface area contributed by atoms with E-state index in [0.717, 1.165) is 30.0 Å². The molecule has 0 aliphatic rings. The van der Waals surface area contributed by atoms with Crippen molar-refractivity contribution in [3.63, 3.8) is 0 Å². The Kier molecular flexibility index (Phi) is 5.44. The number of rotatable bonds is 6. The summed E-state index contributed by atoms with van der Waals surface area (Å²) < 4.78 is 3.49. The zero-order valence-electron chi connectivity index (χ0n) is 16.7. The summed E-state index contributed by atoms with van der Waals surface area (Å²) in [5.41, 5.74) is 3.74. The first kappa shape index (κ1) is 19.3. The van der Waals surface area contributed by atoms with Crippen molar-refractivity contribution in [2.45, 2.75) is 44.6 Å². The van der Waals surface area contributed by atoms with Crippen LogP contribution in [0, 0.1) is 13.8 Å². The standard InChI is InChI=1S/C21H22N6OS/c1-4-11-26-19(23-24-25-26)13-29-21-22-18-8-6-5-7-17(18)20(28)27(21)16-10-9-14(2)15(3)12-16/h5-10,12H,4,11,13H2,1-3H3. The molecular formula is C21H22N6OS. The monoisotopic (exact) mass is 406 g/mol. The van der Waals surface area contributed by atoms with Gasteiger partial charge in [0.1, 0.15) is 0 Å². The minimum absolute atomic E-state index is 0.0745. The van der Waals surface area contributed by atoms with Gasteiger partial charge in [-0.3, -0.25) is 9.36 Å². The highest BCUT2D eigenvalue weighted by atomic mass is 32.2. The Bertz CT molecular complexity index is 1230. The van der Waals surface area contributed by atoms with Crippen LogP contribution in [0.5, 0.6) is 0 Å². The van der Waals surface area contributed by atoms with Gasteiger partial charge in [0, 0.05) is 6.54 Å². The molecule has 0 atom stereocenters. The number of para-hydroxylation sites is 1. The summed E-state index contributed by atoms with van der Waals surface area (Å²) >= 11 is 1.47. The van der Waals surface area contributed by atoms with Crippen LogP contribution in [-0.2, 0) is 12.3 Å². The van der Waals surface area contributed by atoms with E-state index < -0.39 is 0 Å². The average Bonchev–Trinajstić information content (AvgIpc) is 3.16. The molecule has 0 N–H and O–H groups in total. The van der Waals surface area contributed by atoms with Crippen LogP contribution in [0.1, 0.15) is 30.3 Å². The van der Waals surface area contributed by atoms with Crippen molar-refractivity contribution in [3.05, 3.63) is 69.8 Å². The van der Waals surface area contributed by atoms with Crippen molar-refractivity contribution in [1.82, 2.24) is 29.8 Å². The first-order chi connectivity index (χ1) is 14.1. The molecule has 4 rings (SSSR count). The van der Waals surface area contributed by atoms with Crippen LogP contribution in [0.25, 0.3) is 16.6 Å². The number of aromatic nitrogens is 6. The maximum absolute atomic E-state index is 13.3. The summed E-state index contributed by atoms with van der Waals surface area (Å²) in [6, 6.07) is 13.5. The third-order valence-electron chi connectivity index (χ3n) is 4.87. The Morgan fingerprint density at radius 1 is 1.07 bits per heavy atom. The maximum atomic E-state index is 13.3. The molecule has 0 aliphatic carbocycles. The van der Waals surface area contributed by atoms with Gasteiger partial charge in [-0.25, -0.2) is 9.67 Å². The molecule has 29 heavy (non-hydrogen) atoms. The van der Waals surface area contributed by atoms with Gasteiger partial charge in [0.15, 0.2) is 11.0 Å². The highest BCUT2D eigenvalue weighted by Gasteiger charge is 2.15. The third-order valence-corrected chi connectivity index (χ3v) is 5.80. The maximum Gasteiger partial charge on any atom is 0.266 e. The van der Waals surface area contributed by atoms with E-state index in [2.05, 4.69) is 29.4 Å². The van der Waals surface area contributed by atoms with Crippen molar-refractivity contribution < 1.29 is 0 Å². The molecule has 0 bridgehead atoms. The van der Waals surface area contributed by atoms with Crippen LogP contribution in [0.15, 0.2) is 52.4 Å². The average molecular weight is 407 g/mol. The second kappa shape index (κ2) is 8.16. The number of hydrogen-bond acceptors (Lipinski definition) is 6. The zero-order valence-corrected chi connectivity index (χ0v) is 17.5. The summed E-state index contributed by atoms with van der Waals surface area (Å²) in [4.78, 5) is 18.1. The van der Waals surface area contributed by atoms with Crippen molar-refractivity contribution in [3.8, 4) is 5.69 Å². The smallest absolute Gasteiger partial charge is 0.266 e. The van der Waals surface area contributed by atoms with E-state index in [0.29, 0.717) is 21.8 Å². The van der Waals surface area contributed by atoms with E-state index in [9.17, 15) is 4.79 Å². The van der Waals surface area contributed by atoms with Crippen LogP contribution >= 0.6 is 11.8 Å². The Hall–Kier alpha value is -3.00. The molecule has 0 aliphatic heterocycles. The molecule has 2 heterocycles. The summed E-state index contributed by atoms with van der Waals surface area (Å²) in [6.07, 6.45) is 0.949. The summed E-state index contributed by atoms with van der Waals surface area (Å²) in [6.45, 7) is 6.95. The molecule has 8 heteroatoms. The molecule has 0 spiro atoms. The molecule has 2 aromatic carbocycles. The predicted molar refractivity (Wildman–Crippen MR) is 114 cm³/mol. The number of thioether (sulfide) groups is 1. The molecule has 148 valence electrons. The minimum Gasteiger partial charge on any atom is -0.268 e. The molecule has 7 nitrogen and oxygen atoms in total. The van der Waals surface area contributed by atoms with Gasteiger partial charge in [0.25, 0.3) is 5.56 Å². The van der Waals surface area contributed by atoms with Gasteiger partial charge >= 0.3 is 0 Å². The zero-order chi connectivity index (χ0) is 20.4. The molecule has 0 fully saturated rings. The number of fused-ring (bicyclic) bond motifs is 1. The van der Waals surface area contributed by atoms with Crippen molar-refractivity contribution >= 4 is 22.7 Å². The van der Waals surface area contributed by atoms with Gasteiger partial charge in [-0.2, -0.15) is 0 Å². The Morgan fingerprint density at radius 3 is 2.69 bits per heavy atom. The summed E-state index contributed by atoms with van der Waals surface area (Å²) in [5, 5.41) is 13.2. The number of nitrogens with zero attached hydrogens (tertiary/aromatic N) is 6. The van der Waals surface area contributed by atoms with Gasteiger partial charge in [0.05, 0.1) is 22.3 Å². The second-order valence-electron chi connectivity index (χ2n) is 6.93. The predicted octanol–water partition coefficient (Wildman–Crippen LogP) is 3.69. The normalized spacial score (nSPS) is 11.3. The lowest BCUT2D eigenvalue weighted by molar-refractivity contribution is 0.564. The second-order valence-corrected chi connectivity index (χ2v) is 7.87. The first-order valence-corrected chi connectivity index (χ1v) is 10.5. The number of aryl methyl sites for hydroxylation is 3. The summed E-state index contributed by atoms with van der Waals surface area (Å²) in [5.74, 6) is 1.30. The van der Waals surface area contributed by atoms with E-state index in [4.69, 9.17) is 4.98 Å². The number of benzene rings is 2. The van der Waals surface area contributed by atoms with E-state index >= 15 is 0 Å². The van der Waals surface area contributed by atoms with Crippen LogP contribution in [0.4, 0.5) is 0 Å². The molecule has 0 amide bonds. The van der Waals surface area contributed by atoms with E-state index in [-0.39, 0.29) is 5.56 Å². The molecule has 0 radical (unpaired) electrons. The van der Waals surface area contributed by atoms with Gasteiger partial charge in [-0.15, -0.1) is 5.10 Å². The highest BCUT2D eigenvalue weighted by Crippen LogP contribution is 2.25. The largest absolute Gasteiger partial charge is 0.268 e. The van der Waals surface area contributed by atoms with Gasteiger partial charge in [0.2, 0.25) is 0 Å². The molecule has 0 saturated carbocycles. The summed E-state index contributed by atoms with van der Waals surface area (Å²) in [7, 11) is 0.